The molecule has 3 rings (SSSR count). The van der Waals surface area contributed by atoms with Crippen LogP contribution in [0.2, 0.25) is 0 Å². The molecule has 0 bridgehead atoms. The number of rotatable bonds is 4. The van der Waals surface area contributed by atoms with Gasteiger partial charge in [0.2, 0.25) is 10.0 Å². The van der Waals surface area contributed by atoms with E-state index in [0.29, 0.717) is 24.6 Å². The molecule has 1 aromatic carbocycles. The lowest BCUT2D eigenvalue weighted by atomic mass is 9.94. The molecule has 0 N–H and O–H groups in total. The van der Waals surface area contributed by atoms with Crippen LogP contribution in [0.25, 0.3) is 0 Å². The molecular weight excluding hydrogens is 334 g/mol. The van der Waals surface area contributed by atoms with E-state index < -0.39 is 10.0 Å². The van der Waals surface area contributed by atoms with Gasteiger partial charge in [-0.25, -0.2) is 8.42 Å². The normalized spacial score (nSPS) is 24.1. The predicted octanol–water partition coefficient (Wildman–Crippen LogP) is 2.69. The van der Waals surface area contributed by atoms with E-state index in [1.165, 1.54) is 38.1 Å². The fraction of sp³-hybridized carbons (Fsp3) is 0.632. The molecule has 25 heavy (non-hydrogen) atoms. The summed E-state index contributed by atoms with van der Waals surface area (Å²) in [6, 6.07) is 8.23. The molecule has 0 radical (unpaired) electrons. The Labute approximate surface area is 151 Å². The van der Waals surface area contributed by atoms with Gasteiger partial charge in [-0.2, -0.15) is 9.57 Å². The van der Waals surface area contributed by atoms with Gasteiger partial charge in [0.15, 0.2) is 0 Å². The highest BCUT2D eigenvalue weighted by molar-refractivity contribution is 7.89. The molecule has 0 saturated carbocycles. The maximum absolute atomic E-state index is 12.8. The number of likely N-dealkylation sites (tertiary alicyclic amines) is 1. The molecule has 0 spiro atoms. The van der Waals surface area contributed by atoms with Gasteiger partial charge in [-0.3, -0.25) is 0 Å². The van der Waals surface area contributed by atoms with Crippen molar-refractivity contribution in [1.29, 1.82) is 5.26 Å². The van der Waals surface area contributed by atoms with Gasteiger partial charge in [0.05, 0.1) is 16.5 Å². The molecule has 0 aliphatic carbocycles. The summed E-state index contributed by atoms with van der Waals surface area (Å²) in [4.78, 5) is 2.85. The third kappa shape index (κ3) is 4.41. The number of piperidine rings is 2. The first kappa shape index (κ1) is 18.4. The summed E-state index contributed by atoms with van der Waals surface area (Å²) in [5.41, 5.74) is 0.480. The third-order valence-corrected chi connectivity index (χ3v) is 7.37. The Bertz CT molecular complexity index is 716. The molecule has 6 heteroatoms. The monoisotopic (exact) mass is 361 g/mol. The molecule has 0 amide bonds. The van der Waals surface area contributed by atoms with Crippen molar-refractivity contribution in [2.45, 2.75) is 37.5 Å². The van der Waals surface area contributed by atoms with Crippen molar-refractivity contribution in [1.82, 2.24) is 9.21 Å². The highest BCUT2D eigenvalue weighted by Gasteiger charge is 2.30. The van der Waals surface area contributed by atoms with Crippen molar-refractivity contribution in [3.8, 4) is 6.07 Å². The second kappa shape index (κ2) is 7.86. The molecule has 2 fully saturated rings. The molecule has 1 aromatic rings. The van der Waals surface area contributed by atoms with E-state index in [2.05, 4.69) is 11.8 Å². The largest absolute Gasteiger partial charge is 0.303 e. The molecule has 1 atom stereocenters. The van der Waals surface area contributed by atoms with Crippen LogP contribution in [0.1, 0.15) is 38.2 Å². The first-order valence-electron chi connectivity index (χ1n) is 9.21. The number of nitriles is 1. The van der Waals surface area contributed by atoms with E-state index in [0.717, 1.165) is 25.3 Å². The number of hydrogen-bond donors (Lipinski definition) is 0. The first-order chi connectivity index (χ1) is 12.0. The Hall–Kier alpha value is -1.42. The van der Waals surface area contributed by atoms with Crippen LogP contribution in [0.3, 0.4) is 0 Å². The summed E-state index contributed by atoms with van der Waals surface area (Å²) in [5, 5.41) is 8.85. The molecule has 2 aliphatic heterocycles. The minimum absolute atomic E-state index is 0.287. The fourth-order valence-corrected chi connectivity index (χ4v) is 5.47. The second-order valence-corrected chi connectivity index (χ2v) is 9.43. The Morgan fingerprint density at radius 1 is 1.12 bits per heavy atom. The fourth-order valence-electron chi connectivity index (χ4n) is 4.00. The summed E-state index contributed by atoms with van der Waals surface area (Å²) in [7, 11) is -3.44. The van der Waals surface area contributed by atoms with Gasteiger partial charge in [-0.1, -0.05) is 6.92 Å². The van der Waals surface area contributed by atoms with Crippen molar-refractivity contribution in [2.24, 2.45) is 11.8 Å². The molecule has 2 heterocycles. The Morgan fingerprint density at radius 3 is 2.40 bits per heavy atom. The first-order valence-corrected chi connectivity index (χ1v) is 10.7. The van der Waals surface area contributed by atoms with Gasteiger partial charge < -0.3 is 4.90 Å². The maximum Gasteiger partial charge on any atom is 0.243 e. The van der Waals surface area contributed by atoms with Gasteiger partial charge >= 0.3 is 0 Å². The minimum Gasteiger partial charge on any atom is -0.303 e. The smallest absolute Gasteiger partial charge is 0.243 e. The molecule has 0 unspecified atom stereocenters. The summed E-state index contributed by atoms with van der Waals surface area (Å²) < 4.78 is 27.1. The molecule has 136 valence electrons. The van der Waals surface area contributed by atoms with Crippen LogP contribution in [-0.4, -0.2) is 50.3 Å². The predicted molar refractivity (Wildman–Crippen MR) is 97.5 cm³/mol. The van der Waals surface area contributed by atoms with E-state index in [1.807, 2.05) is 6.07 Å². The molecule has 2 aliphatic rings. The lowest BCUT2D eigenvalue weighted by Gasteiger charge is -2.37. The lowest BCUT2D eigenvalue weighted by molar-refractivity contribution is 0.136. The van der Waals surface area contributed by atoms with Crippen molar-refractivity contribution in [2.75, 3.05) is 32.7 Å². The summed E-state index contributed by atoms with van der Waals surface area (Å²) >= 11 is 0. The molecular formula is C19H27N3O2S. The summed E-state index contributed by atoms with van der Waals surface area (Å²) in [6.07, 6.45) is 4.48. The average molecular weight is 362 g/mol. The number of hydrogen-bond acceptors (Lipinski definition) is 4. The zero-order valence-corrected chi connectivity index (χ0v) is 15.7. The van der Waals surface area contributed by atoms with Gasteiger partial charge in [0.25, 0.3) is 0 Å². The van der Waals surface area contributed by atoms with Gasteiger partial charge in [-0.05, 0) is 68.3 Å². The summed E-state index contributed by atoms with van der Waals surface area (Å²) in [5.74, 6) is 1.38. The Balaban J connectivity index is 1.56. The Morgan fingerprint density at radius 2 is 1.80 bits per heavy atom. The number of sulfonamides is 1. The molecule has 5 nitrogen and oxygen atoms in total. The quantitative estimate of drug-likeness (QED) is 0.827. The van der Waals surface area contributed by atoms with Crippen LogP contribution >= 0.6 is 0 Å². The van der Waals surface area contributed by atoms with Crippen LogP contribution < -0.4 is 0 Å². The van der Waals surface area contributed by atoms with Gasteiger partial charge in [-0.15, -0.1) is 0 Å². The highest BCUT2D eigenvalue weighted by Crippen LogP contribution is 2.26. The lowest BCUT2D eigenvalue weighted by Crippen LogP contribution is -2.43. The van der Waals surface area contributed by atoms with E-state index in [1.54, 1.807) is 16.4 Å². The standard InChI is InChI=1S/C19H27N3O2S/c1-16-3-2-10-21(14-16)15-18-8-11-22(12-9-18)25(23,24)19-6-4-17(13-20)5-7-19/h4-7,16,18H,2-3,8-12,14-15H2,1H3/t16-/m0/s1. The van der Waals surface area contributed by atoms with E-state index in [4.69, 9.17) is 5.26 Å². The van der Waals surface area contributed by atoms with E-state index in [9.17, 15) is 8.42 Å². The third-order valence-electron chi connectivity index (χ3n) is 5.45. The second-order valence-electron chi connectivity index (χ2n) is 7.49. The minimum atomic E-state index is -3.44. The molecule has 0 aromatic heterocycles. The van der Waals surface area contributed by atoms with Crippen LogP contribution in [0.5, 0.6) is 0 Å². The summed E-state index contributed by atoms with van der Waals surface area (Å²) in [6.45, 7) is 6.98. The van der Waals surface area contributed by atoms with E-state index >= 15 is 0 Å². The average Bonchev–Trinajstić information content (AvgIpc) is 2.62. The van der Waals surface area contributed by atoms with Crippen LogP contribution in [-0.2, 0) is 10.0 Å². The zero-order valence-electron chi connectivity index (χ0n) is 14.9. The van der Waals surface area contributed by atoms with E-state index in [-0.39, 0.29) is 4.90 Å². The van der Waals surface area contributed by atoms with Crippen molar-refractivity contribution < 1.29 is 8.42 Å². The van der Waals surface area contributed by atoms with Gasteiger partial charge in [0, 0.05) is 26.2 Å². The van der Waals surface area contributed by atoms with Crippen molar-refractivity contribution >= 4 is 10.0 Å². The topological polar surface area (TPSA) is 64.4 Å². The van der Waals surface area contributed by atoms with Crippen LogP contribution in [0.4, 0.5) is 0 Å². The van der Waals surface area contributed by atoms with Crippen LogP contribution in [0.15, 0.2) is 29.2 Å². The maximum atomic E-state index is 12.8. The zero-order chi connectivity index (χ0) is 17.9. The number of benzene rings is 1. The molecule has 2 saturated heterocycles. The van der Waals surface area contributed by atoms with Gasteiger partial charge in [0.1, 0.15) is 0 Å². The highest BCUT2D eigenvalue weighted by atomic mass is 32.2. The van der Waals surface area contributed by atoms with Crippen LogP contribution in [0, 0.1) is 23.2 Å². The van der Waals surface area contributed by atoms with Crippen molar-refractivity contribution in [3.05, 3.63) is 29.8 Å². The number of nitrogens with zero attached hydrogens (tertiary/aromatic N) is 3. The SMILES string of the molecule is C[C@H]1CCCN(CC2CCN(S(=O)(=O)c3ccc(C#N)cc3)CC2)C1. The Kier molecular flexibility index (Phi) is 5.78. The van der Waals surface area contributed by atoms with Crippen molar-refractivity contribution in [3.63, 3.8) is 0 Å².